The van der Waals surface area contributed by atoms with Gasteiger partial charge in [0.05, 0.1) is 9.85 Å². The van der Waals surface area contributed by atoms with Crippen molar-refractivity contribution in [3.05, 3.63) is 37.9 Å². The fraction of sp³-hybridized carbons (Fsp3) is 0.100. The summed E-state index contributed by atoms with van der Waals surface area (Å²) < 4.78 is 0. The molecule has 4 N–H and O–H groups in total. The molecule has 0 amide bonds. The van der Waals surface area contributed by atoms with Crippen molar-refractivity contribution in [2.75, 3.05) is 5.43 Å². The Bertz CT molecular complexity index is 704. The topological polar surface area (TPSA) is 184 Å². The predicted octanol–water partition coefficient (Wildman–Crippen LogP) is 1.04. The largest absolute Gasteiger partial charge is 0.382 e. The number of nitro benzene ring substituents is 2. The van der Waals surface area contributed by atoms with Crippen LogP contribution in [-0.4, -0.2) is 21.4 Å². The minimum absolute atomic E-state index is 0.171. The average Bonchev–Trinajstić information content (AvgIpc) is 2.38. The van der Waals surface area contributed by atoms with Gasteiger partial charge in [0.1, 0.15) is 6.07 Å². The molecule has 0 aliphatic carbocycles. The Morgan fingerprint density at radius 1 is 1.43 bits per heavy atom. The fourth-order valence-corrected chi connectivity index (χ4v) is 1.44. The van der Waals surface area contributed by atoms with Crippen LogP contribution in [0.5, 0.6) is 0 Å². The van der Waals surface area contributed by atoms with Gasteiger partial charge in [0, 0.05) is 11.6 Å². The molecule has 0 fully saturated rings. The van der Waals surface area contributed by atoms with Crippen molar-refractivity contribution < 1.29 is 9.85 Å². The zero-order chi connectivity index (χ0) is 16.2. The molecule has 0 saturated carbocycles. The number of nitrogens with zero attached hydrogens (tertiary/aromatic N) is 4. The molecule has 0 radical (unpaired) electrons. The zero-order valence-corrected chi connectivity index (χ0v) is 10.7. The molecule has 1 aromatic carbocycles. The highest BCUT2D eigenvalue weighted by atomic mass is 16.6. The van der Waals surface area contributed by atoms with Gasteiger partial charge in [-0.05, 0) is 13.0 Å². The van der Waals surface area contributed by atoms with Crippen LogP contribution in [0.4, 0.5) is 17.1 Å². The quantitative estimate of drug-likeness (QED) is 0.313. The van der Waals surface area contributed by atoms with E-state index in [1.807, 2.05) is 0 Å². The first kappa shape index (κ1) is 15.5. The summed E-state index contributed by atoms with van der Waals surface area (Å²) in [7, 11) is 0. The summed E-state index contributed by atoms with van der Waals surface area (Å²) in [5.74, 6) is -0.678. The number of anilines is 1. The molecule has 21 heavy (non-hydrogen) atoms. The van der Waals surface area contributed by atoms with Gasteiger partial charge in [-0.2, -0.15) is 10.4 Å². The van der Waals surface area contributed by atoms with E-state index < -0.39 is 38.5 Å². The third kappa shape index (κ3) is 3.26. The minimum atomic E-state index is -0.829. The number of hydrogen-bond acceptors (Lipinski definition) is 8. The Hall–Kier alpha value is -3.55. The molecule has 0 spiro atoms. The van der Waals surface area contributed by atoms with E-state index in [0.717, 1.165) is 6.07 Å². The molecule has 0 atom stereocenters. The van der Waals surface area contributed by atoms with Crippen LogP contribution < -0.4 is 11.2 Å². The van der Waals surface area contributed by atoms with E-state index in [1.165, 1.54) is 19.1 Å². The molecule has 1 aromatic rings. The summed E-state index contributed by atoms with van der Waals surface area (Å²) in [6, 6.07) is 3.77. The predicted molar refractivity (Wildman–Crippen MR) is 73.1 cm³/mol. The van der Waals surface area contributed by atoms with Crippen LogP contribution in [0, 0.1) is 43.9 Å². The van der Waals surface area contributed by atoms with E-state index in [1.54, 1.807) is 0 Å². The molecule has 0 aliphatic rings. The van der Waals surface area contributed by atoms with Gasteiger partial charge in [-0.3, -0.25) is 31.1 Å². The Labute approximate surface area is 117 Å². The third-order valence-corrected chi connectivity index (χ3v) is 2.38. The molecule has 11 heteroatoms. The van der Waals surface area contributed by atoms with Gasteiger partial charge in [0.15, 0.2) is 5.84 Å². The number of hydrazone groups is 1. The van der Waals surface area contributed by atoms with Crippen molar-refractivity contribution in [3.8, 4) is 6.07 Å². The molecule has 11 nitrogen and oxygen atoms in total. The monoisotopic (exact) mass is 291 g/mol. The minimum Gasteiger partial charge on any atom is -0.382 e. The lowest BCUT2D eigenvalue weighted by Crippen LogP contribution is -2.22. The molecule has 0 bridgehead atoms. The molecule has 0 unspecified atom stereocenters. The second-order valence-electron chi connectivity index (χ2n) is 3.74. The number of nitrogens with two attached hydrogens (primary N) is 1. The number of hydrogen-bond donors (Lipinski definition) is 3. The second kappa shape index (κ2) is 6.06. The molecule has 0 aliphatic heterocycles. The highest BCUT2D eigenvalue weighted by Crippen LogP contribution is 2.36. The van der Waals surface area contributed by atoms with Crippen LogP contribution in [0.15, 0.2) is 17.2 Å². The van der Waals surface area contributed by atoms with E-state index in [2.05, 4.69) is 10.5 Å². The fourth-order valence-electron chi connectivity index (χ4n) is 1.44. The lowest BCUT2D eigenvalue weighted by molar-refractivity contribution is -0.392. The highest BCUT2D eigenvalue weighted by molar-refractivity contribution is 6.45. The summed E-state index contributed by atoms with van der Waals surface area (Å²) >= 11 is 0. The summed E-state index contributed by atoms with van der Waals surface area (Å²) in [6.45, 7) is 1.40. The normalized spacial score (nSPS) is 10.6. The lowest BCUT2D eigenvalue weighted by atomic mass is 10.1. The summed E-state index contributed by atoms with van der Waals surface area (Å²) in [4.78, 5) is 20.3. The van der Waals surface area contributed by atoms with Gasteiger partial charge in [0.2, 0.25) is 11.4 Å². The Kier molecular flexibility index (Phi) is 4.48. The standard InChI is InChI=1S/C10H9N7O4/c1-5-2-3-7(16(18)19)8(9(5)17(20)21)15-14-6(4-11)10(12)13/h2-3,15H,1H3,(H3,12,13)/b14-6+. The maximum absolute atomic E-state index is 11.0. The van der Waals surface area contributed by atoms with Crippen LogP contribution in [0.3, 0.4) is 0 Å². The van der Waals surface area contributed by atoms with Crippen molar-refractivity contribution in [2.24, 2.45) is 10.8 Å². The van der Waals surface area contributed by atoms with Gasteiger partial charge in [0.25, 0.3) is 0 Å². The zero-order valence-electron chi connectivity index (χ0n) is 10.7. The van der Waals surface area contributed by atoms with E-state index in [9.17, 15) is 20.2 Å². The smallest absolute Gasteiger partial charge is 0.304 e. The average molecular weight is 291 g/mol. The van der Waals surface area contributed by atoms with E-state index in [0.29, 0.717) is 0 Å². The van der Waals surface area contributed by atoms with Crippen LogP contribution in [0.1, 0.15) is 5.56 Å². The van der Waals surface area contributed by atoms with Gasteiger partial charge < -0.3 is 5.73 Å². The Balaban J connectivity index is 3.49. The van der Waals surface area contributed by atoms with Crippen molar-refractivity contribution >= 4 is 28.6 Å². The van der Waals surface area contributed by atoms with Crippen LogP contribution >= 0.6 is 0 Å². The van der Waals surface area contributed by atoms with Gasteiger partial charge in [-0.15, -0.1) is 0 Å². The number of benzene rings is 1. The molecule has 0 aromatic heterocycles. The van der Waals surface area contributed by atoms with Crippen LogP contribution in [0.25, 0.3) is 0 Å². The number of nitrogens with one attached hydrogen (secondary N) is 2. The summed E-state index contributed by atoms with van der Waals surface area (Å²) in [6.07, 6.45) is 0. The first-order chi connectivity index (χ1) is 9.79. The number of nitriles is 1. The van der Waals surface area contributed by atoms with E-state index in [4.69, 9.17) is 16.4 Å². The van der Waals surface area contributed by atoms with Crippen molar-refractivity contribution in [3.63, 3.8) is 0 Å². The van der Waals surface area contributed by atoms with Crippen molar-refractivity contribution in [2.45, 2.75) is 6.92 Å². The van der Waals surface area contributed by atoms with Crippen molar-refractivity contribution in [1.29, 1.82) is 10.7 Å². The SMILES string of the molecule is Cc1ccc([N+](=O)[O-])c(N/N=C(\C#N)C(=N)N)c1[N+](=O)[O-]. The molecular formula is C10H9N7O4. The number of nitro groups is 2. The highest BCUT2D eigenvalue weighted by Gasteiger charge is 2.27. The number of rotatable bonds is 5. The third-order valence-electron chi connectivity index (χ3n) is 2.38. The van der Waals surface area contributed by atoms with Crippen LogP contribution in [0.2, 0.25) is 0 Å². The van der Waals surface area contributed by atoms with E-state index in [-0.39, 0.29) is 5.56 Å². The molecule has 0 heterocycles. The Morgan fingerprint density at radius 2 is 2.05 bits per heavy atom. The maximum atomic E-state index is 11.0. The van der Waals surface area contributed by atoms with Crippen LogP contribution in [-0.2, 0) is 0 Å². The molecular weight excluding hydrogens is 282 g/mol. The Morgan fingerprint density at radius 3 is 2.48 bits per heavy atom. The van der Waals surface area contributed by atoms with Crippen molar-refractivity contribution in [1.82, 2.24) is 0 Å². The van der Waals surface area contributed by atoms with Gasteiger partial charge in [-0.25, -0.2) is 0 Å². The van der Waals surface area contributed by atoms with Gasteiger partial charge >= 0.3 is 11.4 Å². The molecule has 108 valence electrons. The molecule has 1 rings (SSSR count). The van der Waals surface area contributed by atoms with E-state index >= 15 is 0 Å². The number of amidine groups is 1. The van der Waals surface area contributed by atoms with Gasteiger partial charge in [-0.1, -0.05) is 0 Å². The summed E-state index contributed by atoms with van der Waals surface area (Å²) in [5, 5.41) is 41.1. The second-order valence-corrected chi connectivity index (χ2v) is 3.74. The maximum Gasteiger partial charge on any atom is 0.304 e. The number of aryl methyl sites for hydroxylation is 1. The lowest BCUT2D eigenvalue weighted by Gasteiger charge is -2.06. The molecule has 0 saturated heterocycles. The first-order valence-corrected chi connectivity index (χ1v) is 5.30. The summed E-state index contributed by atoms with van der Waals surface area (Å²) in [5.41, 5.74) is 5.13. The first-order valence-electron chi connectivity index (χ1n) is 5.30.